The van der Waals surface area contributed by atoms with E-state index < -0.39 is 23.3 Å². The SMILES string of the molecule is Cc1ccc(C)c2c1C(=O)N([C@]1(C)CCC(=O)NC1=O)C2=O. The number of fused-ring (bicyclic) bond motifs is 1. The predicted octanol–water partition coefficient (Wildman–Crippen LogP) is 1.09. The second kappa shape index (κ2) is 4.50. The molecule has 4 amide bonds. The molecule has 0 saturated carbocycles. The molecule has 3 rings (SSSR count). The zero-order valence-electron chi connectivity index (χ0n) is 12.6. The van der Waals surface area contributed by atoms with Crippen LogP contribution in [0, 0.1) is 13.8 Å². The number of piperidine rings is 1. The van der Waals surface area contributed by atoms with Crippen molar-refractivity contribution >= 4 is 23.6 Å². The Hall–Kier alpha value is -2.50. The first-order chi connectivity index (χ1) is 10.3. The van der Waals surface area contributed by atoms with Crippen molar-refractivity contribution in [1.29, 1.82) is 0 Å². The number of hydrogen-bond donors (Lipinski definition) is 1. The number of imide groups is 2. The maximum Gasteiger partial charge on any atom is 0.262 e. The molecule has 0 aliphatic carbocycles. The summed E-state index contributed by atoms with van der Waals surface area (Å²) >= 11 is 0. The van der Waals surface area contributed by atoms with Crippen molar-refractivity contribution in [1.82, 2.24) is 10.2 Å². The van der Waals surface area contributed by atoms with Crippen LogP contribution >= 0.6 is 0 Å². The number of aryl methyl sites for hydroxylation is 2. The van der Waals surface area contributed by atoms with Gasteiger partial charge in [0.2, 0.25) is 5.91 Å². The van der Waals surface area contributed by atoms with Crippen molar-refractivity contribution in [3.63, 3.8) is 0 Å². The molecule has 0 radical (unpaired) electrons. The maximum absolute atomic E-state index is 12.8. The van der Waals surface area contributed by atoms with E-state index in [2.05, 4.69) is 5.32 Å². The number of benzene rings is 1. The molecule has 114 valence electrons. The molecular weight excluding hydrogens is 284 g/mol. The van der Waals surface area contributed by atoms with E-state index in [1.165, 1.54) is 6.92 Å². The van der Waals surface area contributed by atoms with Crippen molar-refractivity contribution in [3.05, 3.63) is 34.4 Å². The zero-order chi connectivity index (χ0) is 16.2. The molecule has 0 spiro atoms. The van der Waals surface area contributed by atoms with Crippen LogP contribution in [0.2, 0.25) is 0 Å². The quantitative estimate of drug-likeness (QED) is 0.787. The lowest BCUT2D eigenvalue weighted by Gasteiger charge is -2.38. The second-order valence-corrected chi connectivity index (χ2v) is 6.05. The molecule has 6 heteroatoms. The second-order valence-electron chi connectivity index (χ2n) is 6.05. The number of nitrogens with one attached hydrogen (secondary N) is 1. The Morgan fingerprint density at radius 2 is 1.50 bits per heavy atom. The van der Waals surface area contributed by atoms with Crippen molar-refractivity contribution in [2.45, 2.75) is 39.2 Å². The number of hydrogen-bond acceptors (Lipinski definition) is 4. The minimum absolute atomic E-state index is 0.105. The van der Waals surface area contributed by atoms with E-state index in [-0.39, 0.29) is 18.7 Å². The highest BCUT2D eigenvalue weighted by molar-refractivity contribution is 6.25. The lowest BCUT2D eigenvalue weighted by Crippen LogP contribution is -2.62. The highest BCUT2D eigenvalue weighted by Crippen LogP contribution is 2.36. The van der Waals surface area contributed by atoms with Gasteiger partial charge in [-0.1, -0.05) is 12.1 Å². The molecule has 6 nitrogen and oxygen atoms in total. The van der Waals surface area contributed by atoms with E-state index >= 15 is 0 Å². The van der Waals surface area contributed by atoms with Crippen LogP contribution in [-0.4, -0.2) is 34.1 Å². The van der Waals surface area contributed by atoms with Gasteiger partial charge in [-0.05, 0) is 38.3 Å². The van der Waals surface area contributed by atoms with E-state index in [0.29, 0.717) is 22.3 Å². The van der Waals surface area contributed by atoms with Gasteiger partial charge >= 0.3 is 0 Å². The molecule has 0 bridgehead atoms. The number of amides is 4. The molecule has 1 N–H and O–H groups in total. The first kappa shape index (κ1) is 14.4. The van der Waals surface area contributed by atoms with Crippen molar-refractivity contribution in [2.75, 3.05) is 0 Å². The summed E-state index contributed by atoms with van der Waals surface area (Å²) in [5.74, 6) is -1.92. The van der Waals surface area contributed by atoms with E-state index in [1.807, 2.05) is 0 Å². The fraction of sp³-hybridized carbons (Fsp3) is 0.375. The third-order valence-electron chi connectivity index (χ3n) is 4.53. The van der Waals surface area contributed by atoms with Crippen LogP contribution in [0.15, 0.2) is 12.1 Å². The van der Waals surface area contributed by atoms with Crippen molar-refractivity contribution in [2.24, 2.45) is 0 Å². The fourth-order valence-electron chi connectivity index (χ4n) is 3.13. The molecule has 0 aromatic heterocycles. The molecule has 2 aliphatic rings. The largest absolute Gasteiger partial charge is 0.294 e. The molecule has 0 unspecified atom stereocenters. The van der Waals surface area contributed by atoms with Crippen LogP contribution in [0.3, 0.4) is 0 Å². The molecule has 1 aromatic carbocycles. The van der Waals surface area contributed by atoms with Gasteiger partial charge in [-0.25, -0.2) is 0 Å². The third-order valence-corrected chi connectivity index (χ3v) is 4.53. The number of carbonyl (C=O) groups excluding carboxylic acids is 4. The number of rotatable bonds is 1. The summed E-state index contributed by atoms with van der Waals surface area (Å²) in [6, 6.07) is 3.57. The lowest BCUT2D eigenvalue weighted by molar-refractivity contribution is -0.140. The van der Waals surface area contributed by atoms with Gasteiger partial charge in [0.05, 0.1) is 11.1 Å². The van der Waals surface area contributed by atoms with E-state index in [0.717, 1.165) is 4.90 Å². The summed E-state index contributed by atoms with van der Waals surface area (Å²) in [5, 5.41) is 2.22. The summed E-state index contributed by atoms with van der Waals surface area (Å²) in [6.07, 6.45) is 0.245. The summed E-state index contributed by atoms with van der Waals surface area (Å²) in [7, 11) is 0. The molecule has 1 aromatic rings. The molecule has 1 fully saturated rings. The van der Waals surface area contributed by atoms with Crippen molar-refractivity contribution in [3.8, 4) is 0 Å². The summed E-state index contributed by atoms with van der Waals surface area (Å²) in [6.45, 7) is 5.06. The lowest BCUT2D eigenvalue weighted by atomic mass is 9.89. The van der Waals surface area contributed by atoms with Gasteiger partial charge in [-0.2, -0.15) is 0 Å². The molecule has 2 aliphatic heterocycles. The van der Waals surface area contributed by atoms with Gasteiger partial charge in [0, 0.05) is 6.42 Å². The average Bonchev–Trinajstić information content (AvgIpc) is 2.72. The topological polar surface area (TPSA) is 83.6 Å². The molecule has 1 saturated heterocycles. The molecular formula is C16H16N2O4. The first-order valence-electron chi connectivity index (χ1n) is 7.11. The molecule has 1 atom stereocenters. The van der Waals surface area contributed by atoms with Gasteiger partial charge in [0.25, 0.3) is 17.7 Å². The van der Waals surface area contributed by atoms with Gasteiger partial charge in [-0.3, -0.25) is 29.4 Å². The molecule has 2 heterocycles. The predicted molar refractivity (Wildman–Crippen MR) is 77.2 cm³/mol. The Labute approximate surface area is 127 Å². The van der Waals surface area contributed by atoms with Gasteiger partial charge in [0.15, 0.2) is 0 Å². The Morgan fingerprint density at radius 1 is 1.00 bits per heavy atom. The standard InChI is InChI=1S/C16H16N2O4/c1-8-4-5-9(2)12-11(8)13(20)18(14(12)21)16(3)7-6-10(19)17-15(16)22/h4-5H,6-7H2,1-3H3,(H,17,19,22)/t16-/m1/s1. The maximum atomic E-state index is 12.8. The van der Waals surface area contributed by atoms with E-state index in [4.69, 9.17) is 0 Å². The summed E-state index contributed by atoms with van der Waals surface area (Å²) in [5.41, 5.74) is 0.793. The average molecular weight is 300 g/mol. The number of nitrogens with zero attached hydrogens (tertiary/aromatic N) is 1. The fourth-order valence-corrected chi connectivity index (χ4v) is 3.13. The third kappa shape index (κ3) is 1.73. The highest BCUT2D eigenvalue weighted by Gasteiger charge is 2.53. The van der Waals surface area contributed by atoms with Gasteiger partial charge in [-0.15, -0.1) is 0 Å². The summed E-state index contributed by atoms with van der Waals surface area (Å²) < 4.78 is 0. The Bertz CT molecular complexity index is 712. The van der Waals surface area contributed by atoms with Crippen LogP contribution in [0.25, 0.3) is 0 Å². The van der Waals surface area contributed by atoms with Crippen LogP contribution in [0.4, 0.5) is 0 Å². The Balaban J connectivity index is 2.12. The smallest absolute Gasteiger partial charge is 0.262 e. The normalized spacial score (nSPS) is 24.6. The minimum atomic E-state index is -1.33. The van der Waals surface area contributed by atoms with E-state index in [1.54, 1.807) is 26.0 Å². The number of carbonyl (C=O) groups is 4. The van der Waals surface area contributed by atoms with Crippen LogP contribution in [0.5, 0.6) is 0 Å². The minimum Gasteiger partial charge on any atom is -0.294 e. The van der Waals surface area contributed by atoms with Gasteiger partial charge in [0.1, 0.15) is 5.54 Å². The summed E-state index contributed by atoms with van der Waals surface area (Å²) in [4.78, 5) is 50.1. The van der Waals surface area contributed by atoms with Crippen LogP contribution in [0.1, 0.15) is 51.6 Å². The first-order valence-corrected chi connectivity index (χ1v) is 7.11. The molecule has 22 heavy (non-hydrogen) atoms. The monoisotopic (exact) mass is 300 g/mol. The highest BCUT2D eigenvalue weighted by atomic mass is 16.2. The zero-order valence-corrected chi connectivity index (χ0v) is 12.6. The van der Waals surface area contributed by atoms with Crippen LogP contribution < -0.4 is 5.32 Å². The van der Waals surface area contributed by atoms with Crippen molar-refractivity contribution < 1.29 is 19.2 Å². The van der Waals surface area contributed by atoms with Crippen LogP contribution in [-0.2, 0) is 9.59 Å². The Morgan fingerprint density at radius 3 is 1.95 bits per heavy atom. The van der Waals surface area contributed by atoms with Gasteiger partial charge < -0.3 is 0 Å². The van der Waals surface area contributed by atoms with E-state index in [9.17, 15) is 19.2 Å². The Kier molecular flexibility index (Phi) is 2.95.